The zero-order valence-corrected chi connectivity index (χ0v) is 9.79. The first kappa shape index (κ1) is 12.5. The van der Waals surface area contributed by atoms with Gasteiger partial charge in [-0.3, -0.25) is 4.90 Å². The molecule has 1 aromatic carbocycles. The molecule has 4 heteroatoms. The van der Waals surface area contributed by atoms with Gasteiger partial charge in [0.1, 0.15) is 5.82 Å². The van der Waals surface area contributed by atoms with E-state index < -0.39 is 6.09 Å². The molecule has 0 bridgehead atoms. The number of carbonyl (C=O) groups excluding carboxylic acids is 1. The van der Waals surface area contributed by atoms with Crippen LogP contribution in [0.1, 0.15) is 18.9 Å². The van der Waals surface area contributed by atoms with E-state index in [-0.39, 0.29) is 5.82 Å². The summed E-state index contributed by atoms with van der Waals surface area (Å²) >= 11 is 0. The van der Waals surface area contributed by atoms with Gasteiger partial charge in [0, 0.05) is 12.2 Å². The Morgan fingerprint density at radius 2 is 2.19 bits per heavy atom. The second kappa shape index (κ2) is 5.49. The number of benzene rings is 1. The molecule has 0 aromatic heterocycles. The number of carbonyl (C=O) groups is 1. The molecule has 0 saturated heterocycles. The van der Waals surface area contributed by atoms with Gasteiger partial charge in [-0.25, -0.2) is 9.18 Å². The molecule has 0 saturated carbocycles. The van der Waals surface area contributed by atoms with Crippen LogP contribution in [0.25, 0.3) is 0 Å². The van der Waals surface area contributed by atoms with Gasteiger partial charge in [-0.05, 0) is 31.0 Å². The van der Waals surface area contributed by atoms with Crippen LogP contribution in [0.3, 0.4) is 0 Å². The number of hydrogen-bond acceptors (Lipinski definition) is 2. The number of ether oxygens (including phenoxy) is 1. The Kier molecular flexibility index (Phi) is 4.28. The van der Waals surface area contributed by atoms with Crippen molar-refractivity contribution in [2.24, 2.45) is 0 Å². The lowest BCUT2D eigenvalue weighted by Crippen LogP contribution is -2.31. The molecule has 0 atom stereocenters. The van der Waals surface area contributed by atoms with Crippen LogP contribution in [0.5, 0.6) is 0 Å². The first-order chi connectivity index (χ1) is 7.60. The highest BCUT2D eigenvalue weighted by Crippen LogP contribution is 2.19. The lowest BCUT2D eigenvalue weighted by atomic mass is 10.2. The number of rotatable bonds is 3. The summed E-state index contributed by atoms with van der Waals surface area (Å²) in [5, 5.41) is 0. The van der Waals surface area contributed by atoms with Crippen LogP contribution < -0.4 is 4.90 Å². The molecular formula is C12H16FNO2. The van der Waals surface area contributed by atoms with Crippen molar-refractivity contribution in [3.63, 3.8) is 0 Å². The van der Waals surface area contributed by atoms with Crippen LogP contribution in [0.2, 0.25) is 0 Å². The second-order valence-electron chi connectivity index (χ2n) is 3.56. The second-order valence-corrected chi connectivity index (χ2v) is 3.56. The highest BCUT2D eigenvalue weighted by Gasteiger charge is 2.15. The van der Waals surface area contributed by atoms with Gasteiger partial charge < -0.3 is 4.74 Å². The number of methoxy groups -OCH3 is 1. The number of anilines is 1. The van der Waals surface area contributed by atoms with Crippen LogP contribution >= 0.6 is 0 Å². The summed E-state index contributed by atoms with van der Waals surface area (Å²) in [5.74, 6) is -0.317. The first-order valence-electron chi connectivity index (χ1n) is 5.21. The van der Waals surface area contributed by atoms with E-state index in [1.165, 1.54) is 18.1 Å². The summed E-state index contributed by atoms with van der Waals surface area (Å²) in [6, 6.07) is 4.71. The van der Waals surface area contributed by atoms with E-state index in [2.05, 4.69) is 4.74 Å². The third-order valence-electron chi connectivity index (χ3n) is 2.31. The summed E-state index contributed by atoms with van der Waals surface area (Å²) in [7, 11) is 1.32. The number of hydrogen-bond donors (Lipinski definition) is 0. The van der Waals surface area contributed by atoms with Crippen LogP contribution in [0, 0.1) is 12.7 Å². The van der Waals surface area contributed by atoms with Crippen LogP contribution in [0.4, 0.5) is 14.9 Å². The molecule has 0 aliphatic carbocycles. The minimum Gasteiger partial charge on any atom is -0.452 e. The molecule has 1 rings (SSSR count). The van der Waals surface area contributed by atoms with Crippen molar-refractivity contribution < 1.29 is 13.9 Å². The number of nitrogens with zero attached hydrogens (tertiary/aromatic N) is 1. The van der Waals surface area contributed by atoms with Crippen molar-refractivity contribution >= 4 is 11.8 Å². The standard InChI is InChI=1S/C12H16FNO2/c1-4-7-14(12(15)16-3)10-6-5-9(2)11(13)8-10/h5-6,8H,4,7H2,1-3H3. The van der Waals surface area contributed by atoms with Gasteiger partial charge in [0.25, 0.3) is 0 Å². The van der Waals surface area contributed by atoms with Gasteiger partial charge in [0.15, 0.2) is 0 Å². The molecule has 0 aliphatic heterocycles. The average Bonchev–Trinajstić information content (AvgIpc) is 2.29. The largest absolute Gasteiger partial charge is 0.452 e. The summed E-state index contributed by atoms with van der Waals surface area (Å²) < 4.78 is 18.0. The zero-order chi connectivity index (χ0) is 12.1. The van der Waals surface area contributed by atoms with Gasteiger partial charge in [-0.2, -0.15) is 0 Å². The Bertz CT molecular complexity index is 379. The average molecular weight is 225 g/mol. The fourth-order valence-electron chi connectivity index (χ4n) is 1.41. The predicted molar refractivity (Wildman–Crippen MR) is 61.2 cm³/mol. The molecule has 0 unspecified atom stereocenters. The highest BCUT2D eigenvalue weighted by atomic mass is 19.1. The van der Waals surface area contributed by atoms with E-state index in [9.17, 15) is 9.18 Å². The molecule has 0 heterocycles. The molecule has 1 amide bonds. The lowest BCUT2D eigenvalue weighted by molar-refractivity contribution is 0.178. The normalized spacial score (nSPS) is 10.0. The van der Waals surface area contributed by atoms with Gasteiger partial charge in [-0.1, -0.05) is 13.0 Å². The molecule has 0 fully saturated rings. The SMILES string of the molecule is CCCN(C(=O)OC)c1ccc(C)c(F)c1. The van der Waals surface area contributed by atoms with Crippen molar-refractivity contribution in [2.45, 2.75) is 20.3 Å². The van der Waals surface area contributed by atoms with Gasteiger partial charge in [-0.15, -0.1) is 0 Å². The molecule has 0 radical (unpaired) electrons. The maximum Gasteiger partial charge on any atom is 0.413 e. The minimum absolute atomic E-state index is 0.317. The van der Waals surface area contributed by atoms with Gasteiger partial charge in [0.2, 0.25) is 0 Å². The van der Waals surface area contributed by atoms with Crippen LogP contribution in [0.15, 0.2) is 18.2 Å². The minimum atomic E-state index is -0.467. The summed E-state index contributed by atoms with van der Waals surface area (Å²) in [6.45, 7) is 4.14. The van der Waals surface area contributed by atoms with Crippen molar-refractivity contribution in [1.82, 2.24) is 0 Å². The zero-order valence-electron chi connectivity index (χ0n) is 9.79. The van der Waals surface area contributed by atoms with Crippen LogP contribution in [-0.2, 0) is 4.74 Å². The van der Waals surface area contributed by atoms with Crippen molar-refractivity contribution in [2.75, 3.05) is 18.6 Å². The fourth-order valence-corrected chi connectivity index (χ4v) is 1.41. The van der Waals surface area contributed by atoms with Gasteiger partial charge >= 0.3 is 6.09 Å². The predicted octanol–water partition coefficient (Wildman–Crippen LogP) is 3.12. The molecule has 88 valence electrons. The molecule has 0 N–H and O–H groups in total. The molecular weight excluding hydrogens is 209 g/mol. The Morgan fingerprint density at radius 1 is 1.50 bits per heavy atom. The third kappa shape index (κ3) is 2.72. The number of halogens is 1. The number of aryl methyl sites for hydroxylation is 1. The van der Waals surface area contributed by atoms with E-state index in [4.69, 9.17) is 0 Å². The van der Waals surface area contributed by atoms with Crippen molar-refractivity contribution in [3.05, 3.63) is 29.6 Å². The van der Waals surface area contributed by atoms with Crippen LogP contribution in [-0.4, -0.2) is 19.7 Å². The molecule has 1 aromatic rings. The maximum absolute atomic E-state index is 13.4. The van der Waals surface area contributed by atoms with E-state index in [1.807, 2.05) is 6.92 Å². The Balaban J connectivity index is 3.01. The smallest absolute Gasteiger partial charge is 0.413 e. The Labute approximate surface area is 94.8 Å². The molecule has 0 aliphatic rings. The third-order valence-corrected chi connectivity index (χ3v) is 2.31. The summed E-state index contributed by atoms with van der Waals surface area (Å²) in [5.41, 5.74) is 1.09. The quantitative estimate of drug-likeness (QED) is 0.791. The summed E-state index contributed by atoms with van der Waals surface area (Å²) in [4.78, 5) is 12.9. The van der Waals surface area contributed by atoms with E-state index in [0.717, 1.165) is 6.42 Å². The summed E-state index contributed by atoms with van der Waals surface area (Å²) in [6.07, 6.45) is 0.315. The number of amides is 1. The lowest BCUT2D eigenvalue weighted by Gasteiger charge is -2.20. The van der Waals surface area contributed by atoms with Crippen molar-refractivity contribution in [3.8, 4) is 0 Å². The molecule has 16 heavy (non-hydrogen) atoms. The topological polar surface area (TPSA) is 29.5 Å². The Morgan fingerprint density at radius 3 is 2.69 bits per heavy atom. The maximum atomic E-state index is 13.4. The van der Waals surface area contributed by atoms with E-state index >= 15 is 0 Å². The van der Waals surface area contributed by atoms with Gasteiger partial charge in [0.05, 0.1) is 7.11 Å². The van der Waals surface area contributed by atoms with E-state index in [1.54, 1.807) is 19.1 Å². The highest BCUT2D eigenvalue weighted by molar-refractivity contribution is 5.87. The van der Waals surface area contributed by atoms with Crippen molar-refractivity contribution in [1.29, 1.82) is 0 Å². The fraction of sp³-hybridized carbons (Fsp3) is 0.417. The first-order valence-corrected chi connectivity index (χ1v) is 5.21. The monoisotopic (exact) mass is 225 g/mol. The molecule has 0 spiro atoms. The molecule has 3 nitrogen and oxygen atoms in total. The Hall–Kier alpha value is -1.58. The van der Waals surface area contributed by atoms with E-state index in [0.29, 0.717) is 17.8 Å².